The highest BCUT2D eigenvalue weighted by atomic mass is 15.2. The van der Waals surface area contributed by atoms with E-state index in [-0.39, 0.29) is 0 Å². The summed E-state index contributed by atoms with van der Waals surface area (Å²) in [6.45, 7) is 5.92. The van der Waals surface area contributed by atoms with E-state index >= 15 is 0 Å². The molecule has 3 rings (SSSR count). The third-order valence-electron chi connectivity index (χ3n) is 4.92. The van der Waals surface area contributed by atoms with Crippen LogP contribution in [0.3, 0.4) is 0 Å². The first-order valence-electron chi connectivity index (χ1n) is 8.93. The highest BCUT2D eigenvalue weighted by molar-refractivity contribution is 5.71. The summed E-state index contributed by atoms with van der Waals surface area (Å²) in [4.78, 5) is 4.87. The quantitative estimate of drug-likeness (QED) is 0.934. The lowest BCUT2D eigenvalue weighted by atomic mass is 9.97. The van der Waals surface area contributed by atoms with Crippen molar-refractivity contribution < 1.29 is 0 Å². The predicted octanol–water partition coefficient (Wildman–Crippen LogP) is 2.82. The molecule has 1 aliphatic heterocycles. The average molecular weight is 334 g/mol. The molecule has 25 heavy (non-hydrogen) atoms. The SMILES string of the molecule is CN1CCCN(Cc2ccc(-c3ccc(CN)cc3)c(C#N)c2)CC1. The van der Waals surface area contributed by atoms with E-state index in [1.807, 2.05) is 30.3 Å². The van der Waals surface area contributed by atoms with Crippen molar-refractivity contribution in [3.8, 4) is 17.2 Å². The first-order chi connectivity index (χ1) is 12.2. The number of nitrogens with two attached hydrogens (primary N) is 1. The number of benzene rings is 2. The monoisotopic (exact) mass is 334 g/mol. The molecule has 1 aliphatic rings. The highest BCUT2D eigenvalue weighted by Crippen LogP contribution is 2.25. The van der Waals surface area contributed by atoms with Crippen LogP contribution < -0.4 is 5.73 Å². The Morgan fingerprint density at radius 1 is 1.00 bits per heavy atom. The number of rotatable bonds is 4. The van der Waals surface area contributed by atoms with Crippen LogP contribution in [0.2, 0.25) is 0 Å². The molecule has 4 heteroatoms. The second kappa shape index (κ2) is 8.26. The number of hydrogen-bond acceptors (Lipinski definition) is 4. The lowest BCUT2D eigenvalue weighted by Crippen LogP contribution is -2.28. The van der Waals surface area contributed by atoms with Gasteiger partial charge in [-0.3, -0.25) is 4.90 Å². The minimum absolute atomic E-state index is 0.537. The zero-order valence-corrected chi connectivity index (χ0v) is 14.9. The van der Waals surface area contributed by atoms with E-state index in [0.29, 0.717) is 6.54 Å². The first kappa shape index (κ1) is 17.6. The number of hydrogen-bond donors (Lipinski definition) is 1. The maximum absolute atomic E-state index is 9.60. The van der Waals surface area contributed by atoms with Crippen LogP contribution in [-0.4, -0.2) is 43.0 Å². The van der Waals surface area contributed by atoms with Gasteiger partial charge < -0.3 is 10.6 Å². The maximum atomic E-state index is 9.60. The van der Waals surface area contributed by atoms with Crippen LogP contribution in [-0.2, 0) is 13.1 Å². The van der Waals surface area contributed by atoms with Crippen LogP contribution in [0.1, 0.15) is 23.1 Å². The molecule has 1 saturated heterocycles. The average Bonchev–Trinajstić information content (AvgIpc) is 2.86. The third kappa shape index (κ3) is 4.46. The highest BCUT2D eigenvalue weighted by Gasteiger charge is 2.13. The summed E-state index contributed by atoms with van der Waals surface area (Å²) >= 11 is 0. The molecule has 1 fully saturated rings. The van der Waals surface area contributed by atoms with Gasteiger partial charge in [0.15, 0.2) is 0 Å². The smallest absolute Gasteiger partial charge is 0.0998 e. The molecule has 0 unspecified atom stereocenters. The second-order valence-corrected chi connectivity index (χ2v) is 6.83. The standard InChI is InChI=1S/C21H26N4/c1-24-9-2-10-25(12-11-24)16-18-5-8-21(20(13-18)15-23)19-6-3-17(14-22)4-7-19/h3-8,13H,2,9-12,14,16,22H2,1H3. The van der Waals surface area contributed by atoms with Crippen LogP contribution in [0.25, 0.3) is 11.1 Å². The predicted molar refractivity (Wildman–Crippen MR) is 102 cm³/mol. The van der Waals surface area contributed by atoms with Gasteiger partial charge in [-0.15, -0.1) is 0 Å². The Bertz CT molecular complexity index is 745. The van der Waals surface area contributed by atoms with Gasteiger partial charge in [0.1, 0.15) is 0 Å². The molecular formula is C21H26N4. The van der Waals surface area contributed by atoms with Gasteiger partial charge in [0.05, 0.1) is 11.6 Å². The zero-order chi connectivity index (χ0) is 17.6. The lowest BCUT2D eigenvalue weighted by Gasteiger charge is -2.20. The fraction of sp³-hybridized carbons (Fsp3) is 0.381. The van der Waals surface area contributed by atoms with Crippen molar-refractivity contribution in [1.82, 2.24) is 9.80 Å². The van der Waals surface area contributed by atoms with E-state index in [9.17, 15) is 5.26 Å². The number of nitrogens with zero attached hydrogens (tertiary/aromatic N) is 3. The van der Waals surface area contributed by atoms with Crippen molar-refractivity contribution in [3.63, 3.8) is 0 Å². The molecule has 4 nitrogen and oxygen atoms in total. The first-order valence-corrected chi connectivity index (χ1v) is 8.93. The molecule has 0 bridgehead atoms. The molecule has 0 aliphatic carbocycles. The summed E-state index contributed by atoms with van der Waals surface area (Å²) in [5.41, 5.74) is 10.8. The van der Waals surface area contributed by atoms with Crippen molar-refractivity contribution in [2.24, 2.45) is 5.73 Å². The summed E-state index contributed by atoms with van der Waals surface area (Å²) in [7, 11) is 2.18. The second-order valence-electron chi connectivity index (χ2n) is 6.83. The fourth-order valence-electron chi connectivity index (χ4n) is 3.37. The Labute approximate surface area is 150 Å². The third-order valence-corrected chi connectivity index (χ3v) is 4.92. The Kier molecular flexibility index (Phi) is 5.83. The zero-order valence-electron chi connectivity index (χ0n) is 14.9. The molecule has 2 aromatic rings. The van der Waals surface area contributed by atoms with Gasteiger partial charge in [0, 0.05) is 26.2 Å². The topological polar surface area (TPSA) is 56.3 Å². The maximum Gasteiger partial charge on any atom is 0.0998 e. The van der Waals surface area contributed by atoms with E-state index in [1.54, 1.807) is 0 Å². The Morgan fingerprint density at radius 2 is 1.76 bits per heavy atom. The number of likely N-dealkylation sites (N-methyl/N-ethyl adjacent to an activating group) is 1. The van der Waals surface area contributed by atoms with Gasteiger partial charge in [0.25, 0.3) is 0 Å². The van der Waals surface area contributed by atoms with Crippen molar-refractivity contribution in [1.29, 1.82) is 5.26 Å². The van der Waals surface area contributed by atoms with Crippen LogP contribution >= 0.6 is 0 Å². The van der Waals surface area contributed by atoms with Gasteiger partial charge in [-0.1, -0.05) is 36.4 Å². The molecular weight excluding hydrogens is 308 g/mol. The Hall–Kier alpha value is -2.19. The summed E-state index contributed by atoms with van der Waals surface area (Å²) in [6, 6.07) is 16.8. The van der Waals surface area contributed by atoms with Gasteiger partial charge in [-0.2, -0.15) is 5.26 Å². The Morgan fingerprint density at radius 3 is 2.48 bits per heavy atom. The van der Waals surface area contributed by atoms with Crippen molar-refractivity contribution >= 4 is 0 Å². The molecule has 130 valence electrons. The van der Waals surface area contributed by atoms with E-state index in [1.165, 1.54) is 12.0 Å². The molecule has 0 aromatic heterocycles. The van der Waals surface area contributed by atoms with E-state index in [0.717, 1.165) is 55.0 Å². The van der Waals surface area contributed by atoms with Crippen LogP contribution in [0.15, 0.2) is 42.5 Å². The van der Waals surface area contributed by atoms with Crippen molar-refractivity contribution in [3.05, 3.63) is 59.2 Å². The Balaban J connectivity index is 1.78. The molecule has 2 N–H and O–H groups in total. The van der Waals surface area contributed by atoms with Crippen LogP contribution in [0.4, 0.5) is 0 Å². The molecule has 0 amide bonds. The summed E-state index contributed by atoms with van der Waals surface area (Å²) < 4.78 is 0. The van der Waals surface area contributed by atoms with Crippen LogP contribution in [0, 0.1) is 11.3 Å². The minimum atomic E-state index is 0.537. The summed E-state index contributed by atoms with van der Waals surface area (Å²) in [5, 5.41) is 9.60. The van der Waals surface area contributed by atoms with Gasteiger partial charge >= 0.3 is 0 Å². The normalized spacial score (nSPS) is 16.4. The van der Waals surface area contributed by atoms with E-state index in [4.69, 9.17) is 5.73 Å². The van der Waals surface area contributed by atoms with E-state index in [2.05, 4.69) is 35.0 Å². The summed E-state index contributed by atoms with van der Waals surface area (Å²) in [6.07, 6.45) is 1.20. The van der Waals surface area contributed by atoms with Gasteiger partial charge in [0.2, 0.25) is 0 Å². The largest absolute Gasteiger partial charge is 0.326 e. The molecule has 0 radical (unpaired) electrons. The van der Waals surface area contributed by atoms with Gasteiger partial charge in [-0.05, 0) is 54.9 Å². The molecule has 0 spiro atoms. The molecule has 0 saturated carbocycles. The van der Waals surface area contributed by atoms with Crippen molar-refractivity contribution in [2.75, 3.05) is 33.2 Å². The molecule has 1 heterocycles. The number of nitriles is 1. The molecule has 0 atom stereocenters. The fourth-order valence-corrected chi connectivity index (χ4v) is 3.37. The lowest BCUT2D eigenvalue weighted by molar-refractivity contribution is 0.269. The summed E-state index contributed by atoms with van der Waals surface area (Å²) in [5.74, 6) is 0. The van der Waals surface area contributed by atoms with Crippen LogP contribution in [0.5, 0.6) is 0 Å². The van der Waals surface area contributed by atoms with Crippen molar-refractivity contribution in [2.45, 2.75) is 19.5 Å². The minimum Gasteiger partial charge on any atom is -0.326 e. The molecule has 2 aromatic carbocycles. The van der Waals surface area contributed by atoms with E-state index < -0.39 is 0 Å². The van der Waals surface area contributed by atoms with Gasteiger partial charge in [-0.25, -0.2) is 0 Å².